The molecule has 1 saturated heterocycles. The van der Waals surface area contributed by atoms with E-state index in [9.17, 15) is 0 Å². The monoisotopic (exact) mass is 254 g/mol. The van der Waals surface area contributed by atoms with E-state index < -0.39 is 0 Å². The standard InChI is InChI=1S/C13H22N2OS/c1-4-7-14-10(2)11-9-15-12(17-11)13(3)6-5-8-16-13/h9-10,14H,4-8H2,1-3H3. The Labute approximate surface area is 108 Å². The fraction of sp³-hybridized carbons (Fsp3) is 0.769. The number of nitrogens with zero attached hydrogens (tertiary/aromatic N) is 1. The Morgan fingerprint density at radius 1 is 1.65 bits per heavy atom. The summed E-state index contributed by atoms with van der Waals surface area (Å²) in [5.74, 6) is 0. The molecule has 0 amide bonds. The molecule has 0 bridgehead atoms. The van der Waals surface area contributed by atoms with Crippen molar-refractivity contribution in [1.29, 1.82) is 0 Å². The van der Waals surface area contributed by atoms with Gasteiger partial charge in [-0.1, -0.05) is 6.92 Å². The molecule has 1 fully saturated rings. The van der Waals surface area contributed by atoms with E-state index in [2.05, 4.69) is 31.1 Å². The largest absolute Gasteiger partial charge is 0.368 e. The Morgan fingerprint density at radius 2 is 2.47 bits per heavy atom. The van der Waals surface area contributed by atoms with Gasteiger partial charge in [-0.05, 0) is 39.7 Å². The van der Waals surface area contributed by atoms with Crippen LogP contribution in [0.25, 0.3) is 0 Å². The maximum absolute atomic E-state index is 5.83. The van der Waals surface area contributed by atoms with Gasteiger partial charge in [0.2, 0.25) is 0 Å². The van der Waals surface area contributed by atoms with Crippen molar-refractivity contribution in [3.05, 3.63) is 16.1 Å². The van der Waals surface area contributed by atoms with Crippen LogP contribution in [0.2, 0.25) is 0 Å². The van der Waals surface area contributed by atoms with E-state index >= 15 is 0 Å². The van der Waals surface area contributed by atoms with Crippen LogP contribution in [0.15, 0.2) is 6.20 Å². The van der Waals surface area contributed by atoms with Gasteiger partial charge in [-0.2, -0.15) is 0 Å². The highest BCUT2D eigenvalue weighted by molar-refractivity contribution is 7.11. The molecule has 4 heteroatoms. The zero-order valence-corrected chi connectivity index (χ0v) is 11.8. The van der Waals surface area contributed by atoms with E-state index in [-0.39, 0.29) is 5.60 Å². The third-order valence-electron chi connectivity index (χ3n) is 3.32. The molecule has 3 nitrogen and oxygen atoms in total. The molecule has 2 atom stereocenters. The number of nitrogens with one attached hydrogen (secondary N) is 1. The maximum atomic E-state index is 5.83. The normalized spacial score (nSPS) is 26.3. The van der Waals surface area contributed by atoms with Gasteiger partial charge in [0.25, 0.3) is 0 Å². The summed E-state index contributed by atoms with van der Waals surface area (Å²) in [4.78, 5) is 5.86. The molecule has 17 heavy (non-hydrogen) atoms. The van der Waals surface area contributed by atoms with Crippen molar-refractivity contribution in [3.63, 3.8) is 0 Å². The summed E-state index contributed by atoms with van der Waals surface area (Å²) < 4.78 is 5.83. The Morgan fingerprint density at radius 3 is 3.12 bits per heavy atom. The topological polar surface area (TPSA) is 34.2 Å². The molecule has 1 N–H and O–H groups in total. The highest BCUT2D eigenvalue weighted by atomic mass is 32.1. The fourth-order valence-electron chi connectivity index (χ4n) is 2.14. The Kier molecular flexibility index (Phi) is 4.17. The lowest BCUT2D eigenvalue weighted by Gasteiger charge is -2.19. The predicted octanol–water partition coefficient (Wildman–Crippen LogP) is 3.23. The SMILES string of the molecule is CCCNC(C)c1cnc(C2(C)CCCO2)s1. The Bertz CT molecular complexity index is 358. The smallest absolute Gasteiger partial charge is 0.125 e. The van der Waals surface area contributed by atoms with Gasteiger partial charge in [0, 0.05) is 23.7 Å². The first kappa shape index (κ1) is 13.0. The molecule has 96 valence electrons. The number of hydrogen-bond donors (Lipinski definition) is 1. The van der Waals surface area contributed by atoms with Crippen LogP contribution < -0.4 is 5.32 Å². The van der Waals surface area contributed by atoms with Crippen LogP contribution in [-0.4, -0.2) is 18.1 Å². The van der Waals surface area contributed by atoms with Crippen LogP contribution in [0.1, 0.15) is 56.0 Å². The summed E-state index contributed by atoms with van der Waals surface area (Å²) >= 11 is 1.79. The second-order valence-corrected chi connectivity index (χ2v) is 5.99. The summed E-state index contributed by atoms with van der Waals surface area (Å²) in [6.07, 6.45) is 5.41. The van der Waals surface area contributed by atoms with Crippen LogP contribution >= 0.6 is 11.3 Å². The number of thiazole rings is 1. The third-order valence-corrected chi connectivity index (χ3v) is 4.75. The summed E-state index contributed by atoms with van der Waals surface area (Å²) in [6, 6.07) is 0.395. The van der Waals surface area contributed by atoms with Crippen molar-refractivity contribution >= 4 is 11.3 Å². The zero-order valence-electron chi connectivity index (χ0n) is 11.0. The number of rotatable bonds is 5. The molecule has 2 rings (SSSR count). The average molecular weight is 254 g/mol. The summed E-state index contributed by atoms with van der Waals surface area (Å²) in [7, 11) is 0. The zero-order chi connectivity index (χ0) is 12.3. The number of hydrogen-bond acceptors (Lipinski definition) is 4. The van der Waals surface area contributed by atoms with Crippen LogP contribution in [0.4, 0.5) is 0 Å². The molecular formula is C13H22N2OS. The molecule has 0 spiro atoms. The highest BCUT2D eigenvalue weighted by Crippen LogP contribution is 2.38. The lowest BCUT2D eigenvalue weighted by molar-refractivity contribution is 0.0166. The molecular weight excluding hydrogens is 232 g/mol. The van der Waals surface area contributed by atoms with Crippen molar-refractivity contribution in [2.75, 3.05) is 13.2 Å². The van der Waals surface area contributed by atoms with Crippen LogP contribution in [-0.2, 0) is 10.3 Å². The van der Waals surface area contributed by atoms with E-state index in [1.807, 2.05) is 6.20 Å². The van der Waals surface area contributed by atoms with E-state index in [1.165, 1.54) is 4.88 Å². The van der Waals surface area contributed by atoms with Crippen molar-refractivity contribution in [3.8, 4) is 0 Å². The molecule has 0 aromatic carbocycles. The average Bonchev–Trinajstić information content (AvgIpc) is 2.95. The fourth-order valence-corrected chi connectivity index (χ4v) is 3.21. The number of aromatic nitrogens is 1. The van der Waals surface area contributed by atoms with Crippen LogP contribution in [0, 0.1) is 0 Å². The van der Waals surface area contributed by atoms with Gasteiger partial charge in [0.15, 0.2) is 0 Å². The molecule has 2 unspecified atom stereocenters. The minimum absolute atomic E-state index is 0.132. The third kappa shape index (κ3) is 2.87. The van der Waals surface area contributed by atoms with E-state index in [1.54, 1.807) is 11.3 Å². The molecule has 2 heterocycles. The van der Waals surface area contributed by atoms with E-state index in [0.717, 1.165) is 37.4 Å². The van der Waals surface area contributed by atoms with E-state index in [0.29, 0.717) is 6.04 Å². The quantitative estimate of drug-likeness (QED) is 0.876. The molecule has 0 saturated carbocycles. The highest BCUT2D eigenvalue weighted by Gasteiger charge is 2.34. The minimum atomic E-state index is -0.132. The Balaban J connectivity index is 2.05. The van der Waals surface area contributed by atoms with Gasteiger partial charge in [-0.3, -0.25) is 0 Å². The van der Waals surface area contributed by atoms with Crippen molar-refractivity contribution in [2.24, 2.45) is 0 Å². The van der Waals surface area contributed by atoms with Gasteiger partial charge >= 0.3 is 0 Å². The lowest BCUT2D eigenvalue weighted by atomic mass is 10.0. The van der Waals surface area contributed by atoms with Crippen LogP contribution in [0.5, 0.6) is 0 Å². The second-order valence-electron chi connectivity index (χ2n) is 4.93. The molecule has 1 aliphatic heterocycles. The van der Waals surface area contributed by atoms with Crippen LogP contribution in [0.3, 0.4) is 0 Å². The summed E-state index contributed by atoms with van der Waals surface area (Å²) in [5.41, 5.74) is -0.132. The van der Waals surface area contributed by atoms with E-state index in [4.69, 9.17) is 4.74 Å². The first-order valence-electron chi connectivity index (χ1n) is 6.49. The first-order chi connectivity index (χ1) is 8.15. The predicted molar refractivity (Wildman–Crippen MR) is 71.4 cm³/mol. The molecule has 1 aliphatic rings. The minimum Gasteiger partial charge on any atom is -0.368 e. The van der Waals surface area contributed by atoms with Crippen molar-refractivity contribution < 1.29 is 4.74 Å². The van der Waals surface area contributed by atoms with Gasteiger partial charge < -0.3 is 10.1 Å². The first-order valence-corrected chi connectivity index (χ1v) is 7.31. The van der Waals surface area contributed by atoms with Gasteiger partial charge in [-0.25, -0.2) is 4.98 Å². The van der Waals surface area contributed by atoms with Gasteiger partial charge in [0.05, 0.1) is 0 Å². The molecule has 1 aromatic heterocycles. The molecule has 1 aromatic rings. The number of ether oxygens (including phenoxy) is 1. The van der Waals surface area contributed by atoms with Gasteiger partial charge in [0.1, 0.15) is 10.6 Å². The summed E-state index contributed by atoms with van der Waals surface area (Å²) in [6.45, 7) is 8.47. The molecule has 0 radical (unpaired) electrons. The maximum Gasteiger partial charge on any atom is 0.125 e. The Hall–Kier alpha value is -0.450. The second kappa shape index (κ2) is 5.46. The summed E-state index contributed by atoms with van der Waals surface area (Å²) in [5, 5.41) is 4.63. The molecule has 0 aliphatic carbocycles. The van der Waals surface area contributed by atoms with Crippen molar-refractivity contribution in [2.45, 2.75) is 51.7 Å². The lowest BCUT2D eigenvalue weighted by Crippen LogP contribution is -2.19. The van der Waals surface area contributed by atoms with Crippen molar-refractivity contribution in [1.82, 2.24) is 10.3 Å². The van der Waals surface area contributed by atoms with Gasteiger partial charge in [-0.15, -0.1) is 11.3 Å².